The molecule has 3 heterocycles. The molecular formula is C27H30ClFN4O3S. The van der Waals surface area contributed by atoms with E-state index < -0.39 is 6.10 Å². The lowest BCUT2D eigenvalue weighted by Gasteiger charge is -2.34. The zero-order valence-corrected chi connectivity index (χ0v) is 22.2. The third-order valence-electron chi connectivity index (χ3n) is 6.97. The van der Waals surface area contributed by atoms with Crippen LogP contribution in [0.5, 0.6) is 5.75 Å². The summed E-state index contributed by atoms with van der Waals surface area (Å²) in [4.78, 5) is 19.1. The van der Waals surface area contributed by atoms with E-state index in [4.69, 9.17) is 16.3 Å². The molecule has 2 aliphatic rings. The Hall–Kier alpha value is -2.43. The highest BCUT2D eigenvalue weighted by Crippen LogP contribution is 2.34. The van der Waals surface area contributed by atoms with Gasteiger partial charge in [-0.15, -0.1) is 11.8 Å². The molecule has 1 aromatic heterocycles. The average molecular weight is 545 g/mol. The number of halogens is 2. The second-order valence-electron chi connectivity index (χ2n) is 9.59. The van der Waals surface area contributed by atoms with Gasteiger partial charge in [-0.2, -0.15) is 0 Å². The van der Waals surface area contributed by atoms with Crippen LogP contribution in [0.3, 0.4) is 0 Å². The van der Waals surface area contributed by atoms with Crippen LogP contribution in [0, 0.1) is 11.7 Å². The molecule has 0 spiro atoms. The molecular weight excluding hydrogens is 515 g/mol. The topological polar surface area (TPSA) is 86.7 Å². The molecule has 2 unspecified atom stereocenters. The maximum Gasteiger partial charge on any atom is 0.234 e. The summed E-state index contributed by atoms with van der Waals surface area (Å²) in [7, 11) is 1.61. The minimum absolute atomic E-state index is 0.0623. The number of amides is 1. The molecule has 10 heteroatoms. The van der Waals surface area contributed by atoms with Crippen molar-refractivity contribution >= 4 is 45.9 Å². The van der Waals surface area contributed by atoms with Gasteiger partial charge in [0.25, 0.3) is 0 Å². The van der Waals surface area contributed by atoms with Crippen LogP contribution >= 0.6 is 23.4 Å². The van der Waals surface area contributed by atoms with Crippen molar-refractivity contribution in [3.8, 4) is 5.75 Å². The number of β-amino-alcohol motifs (C(OH)–C–C–N with tert-alkyl or cyclic N) is 1. The third kappa shape index (κ3) is 6.02. The van der Waals surface area contributed by atoms with Crippen molar-refractivity contribution in [2.24, 2.45) is 5.92 Å². The van der Waals surface area contributed by atoms with Crippen LogP contribution < -0.4 is 15.4 Å². The normalized spacial score (nSPS) is 18.9. The number of hydrogen-bond donors (Lipinski definition) is 3. The van der Waals surface area contributed by atoms with E-state index in [1.807, 2.05) is 18.2 Å². The molecule has 3 N–H and O–H groups in total. The number of piperidine rings is 1. The van der Waals surface area contributed by atoms with Gasteiger partial charge in [0.1, 0.15) is 11.6 Å². The number of rotatable bonds is 8. The number of anilines is 1. The van der Waals surface area contributed by atoms with Crippen molar-refractivity contribution in [3.63, 3.8) is 0 Å². The Morgan fingerprint density at radius 3 is 3.08 bits per heavy atom. The lowest BCUT2D eigenvalue weighted by Crippen LogP contribution is -2.41. The first-order valence-electron chi connectivity index (χ1n) is 12.4. The Labute approximate surface area is 224 Å². The summed E-state index contributed by atoms with van der Waals surface area (Å²) in [6.07, 6.45) is 2.90. The lowest BCUT2D eigenvalue weighted by atomic mass is 9.96. The number of aliphatic hydroxyl groups is 1. The van der Waals surface area contributed by atoms with Gasteiger partial charge in [0.2, 0.25) is 5.91 Å². The molecule has 0 bridgehead atoms. The monoisotopic (exact) mass is 544 g/mol. The van der Waals surface area contributed by atoms with E-state index in [1.54, 1.807) is 19.4 Å². The first-order valence-corrected chi connectivity index (χ1v) is 13.8. The number of ether oxygens (including phenoxy) is 1. The molecule has 7 nitrogen and oxygen atoms in total. The van der Waals surface area contributed by atoms with Crippen molar-refractivity contribution in [2.75, 3.05) is 44.4 Å². The molecule has 2 atom stereocenters. The van der Waals surface area contributed by atoms with Gasteiger partial charge in [-0.05, 0) is 62.2 Å². The van der Waals surface area contributed by atoms with E-state index in [0.29, 0.717) is 52.3 Å². The molecule has 1 fully saturated rings. The van der Waals surface area contributed by atoms with Gasteiger partial charge in [-0.25, -0.2) is 4.39 Å². The van der Waals surface area contributed by atoms with Gasteiger partial charge in [-0.3, -0.25) is 9.78 Å². The smallest absolute Gasteiger partial charge is 0.234 e. The number of pyridine rings is 1. The number of aliphatic hydroxyl groups excluding tert-OH is 1. The summed E-state index contributed by atoms with van der Waals surface area (Å²) in [5.41, 5.74) is 2.64. The standard InChI is InChI=1S/C27H30ClFN4O3S/c1-36-18-4-5-22-19(8-18)27(20(28)12-31-22)24(34)14-33-6-2-3-16(13-33)10-30-11-17-7-23-25(9-21(17)29)37-15-26(35)32-23/h4-5,7-9,12,16,24,30,34H,2-3,6,10-11,13-15H2,1H3,(H,32,35). The Bertz CT molecular complexity index is 1310. The lowest BCUT2D eigenvalue weighted by molar-refractivity contribution is -0.113. The fourth-order valence-electron chi connectivity index (χ4n) is 5.15. The summed E-state index contributed by atoms with van der Waals surface area (Å²) in [6, 6.07) is 8.79. The zero-order chi connectivity index (χ0) is 25.9. The molecule has 1 amide bonds. The van der Waals surface area contributed by atoms with Crippen LogP contribution in [-0.4, -0.2) is 59.9 Å². The molecule has 2 aromatic carbocycles. The molecule has 0 radical (unpaired) electrons. The van der Waals surface area contributed by atoms with Crippen molar-refractivity contribution in [3.05, 3.63) is 58.5 Å². The summed E-state index contributed by atoms with van der Waals surface area (Å²) >= 11 is 7.84. The van der Waals surface area contributed by atoms with Gasteiger partial charge in [0, 0.05) is 47.2 Å². The Balaban J connectivity index is 1.19. The number of hydrogen-bond acceptors (Lipinski definition) is 7. The highest BCUT2D eigenvalue weighted by atomic mass is 35.5. The Kier molecular flexibility index (Phi) is 8.16. The minimum Gasteiger partial charge on any atom is -0.497 e. The van der Waals surface area contributed by atoms with Crippen LogP contribution in [0.4, 0.5) is 10.1 Å². The fourth-order valence-corrected chi connectivity index (χ4v) is 6.23. The first kappa shape index (κ1) is 26.2. The Morgan fingerprint density at radius 1 is 1.38 bits per heavy atom. The van der Waals surface area contributed by atoms with Crippen LogP contribution in [0.1, 0.15) is 30.1 Å². The SMILES string of the molecule is COc1ccc2ncc(Cl)c(C(O)CN3CCCC(CNCc4cc5c(cc4F)SCC(=O)N5)C3)c2c1. The second kappa shape index (κ2) is 11.5. The molecule has 0 saturated carbocycles. The van der Waals surface area contributed by atoms with Crippen LogP contribution in [-0.2, 0) is 11.3 Å². The molecule has 0 aliphatic carbocycles. The van der Waals surface area contributed by atoms with Crippen molar-refractivity contribution in [1.29, 1.82) is 0 Å². The molecule has 196 valence electrons. The number of thioether (sulfide) groups is 1. The number of methoxy groups -OCH3 is 1. The zero-order valence-electron chi connectivity index (χ0n) is 20.6. The highest BCUT2D eigenvalue weighted by molar-refractivity contribution is 8.00. The molecule has 2 aliphatic heterocycles. The van der Waals surface area contributed by atoms with E-state index in [0.717, 1.165) is 48.3 Å². The number of nitrogens with one attached hydrogen (secondary N) is 2. The number of nitrogens with zero attached hydrogens (tertiary/aromatic N) is 2. The van der Waals surface area contributed by atoms with Gasteiger partial charge < -0.3 is 25.4 Å². The number of carbonyl (C=O) groups excluding carboxylic acids is 1. The molecule has 3 aromatic rings. The average Bonchev–Trinajstić information content (AvgIpc) is 2.89. The quantitative estimate of drug-likeness (QED) is 0.381. The maximum absolute atomic E-state index is 14.6. The van der Waals surface area contributed by atoms with E-state index in [2.05, 4.69) is 20.5 Å². The predicted octanol–water partition coefficient (Wildman–Crippen LogP) is 4.62. The molecule has 37 heavy (non-hydrogen) atoms. The summed E-state index contributed by atoms with van der Waals surface area (Å²) in [5.74, 6) is 1.05. The highest BCUT2D eigenvalue weighted by Gasteiger charge is 2.25. The van der Waals surface area contributed by atoms with Gasteiger partial charge >= 0.3 is 0 Å². The summed E-state index contributed by atoms with van der Waals surface area (Å²) < 4.78 is 19.9. The largest absolute Gasteiger partial charge is 0.497 e. The molecule has 5 rings (SSSR count). The molecule has 1 saturated heterocycles. The van der Waals surface area contributed by atoms with Crippen LogP contribution in [0.2, 0.25) is 5.02 Å². The predicted molar refractivity (Wildman–Crippen MR) is 145 cm³/mol. The van der Waals surface area contributed by atoms with E-state index in [1.165, 1.54) is 17.8 Å². The number of aromatic nitrogens is 1. The number of likely N-dealkylation sites (tertiary alicyclic amines) is 1. The minimum atomic E-state index is -0.769. The van der Waals surface area contributed by atoms with Gasteiger partial charge in [0.05, 0.1) is 35.2 Å². The number of carbonyl (C=O) groups is 1. The van der Waals surface area contributed by atoms with Gasteiger partial charge in [0.15, 0.2) is 0 Å². The third-order valence-corrected chi connectivity index (χ3v) is 8.32. The Morgan fingerprint density at radius 2 is 2.24 bits per heavy atom. The van der Waals surface area contributed by atoms with Crippen molar-refractivity contribution in [2.45, 2.75) is 30.4 Å². The summed E-state index contributed by atoms with van der Waals surface area (Å²) in [5, 5.41) is 18.6. The van der Waals surface area contributed by atoms with Crippen LogP contribution in [0.15, 0.2) is 41.4 Å². The first-order chi connectivity index (χ1) is 17.9. The number of benzene rings is 2. The van der Waals surface area contributed by atoms with Gasteiger partial charge in [-0.1, -0.05) is 11.6 Å². The second-order valence-corrected chi connectivity index (χ2v) is 11.0. The summed E-state index contributed by atoms with van der Waals surface area (Å²) in [6.45, 7) is 3.31. The van der Waals surface area contributed by atoms with E-state index >= 15 is 0 Å². The van der Waals surface area contributed by atoms with Crippen LogP contribution in [0.25, 0.3) is 10.9 Å². The van der Waals surface area contributed by atoms with Crippen molar-refractivity contribution in [1.82, 2.24) is 15.2 Å². The van der Waals surface area contributed by atoms with Crippen molar-refractivity contribution < 1.29 is 19.0 Å². The number of fused-ring (bicyclic) bond motifs is 2. The fraction of sp³-hybridized carbons (Fsp3) is 0.407. The maximum atomic E-state index is 14.6. The van der Waals surface area contributed by atoms with E-state index in [9.17, 15) is 14.3 Å². The van der Waals surface area contributed by atoms with E-state index in [-0.39, 0.29) is 11.7 Å².